The number of hydrogen-bond donors (Lipinski definition) is 0. The largest absolute Gasteiger partial charge is 0.496 e. The molecule has 0 saturated carbocycles. The zero-order valence-corrected chi connectivity index (χ0v) is 14.6. The Balaban J connectivity index is 1.61. The lowest BCUT2D eigenvalue weighted by molar-refractivity contribution is -0.129. The van der Waals surface area contributed by atoms with E-state index in [4.69, 9.17) is 4.74 Å². The van der Waals surface area contributed by atoms with Crippen molar-refractivity contribution in [3.8, 4) is 17.0 Å². The first-order valence-electron chi connectivity index (χ1n) is 8.15. The molecule has 5 nitrogen and oxygen atoms in total. The van der Waals surface area contributed by atoms with E-state index in [9.17, 15) is 4.79 Å². The lowest BCUT2D eigenvalue weighted by Crippen LogP contribution is -2.36. The average molecular weight is 343 g/mol. The van der Waals surface area contributed by atoms with Gasteiger partial charge in [-0.15, -0.1) is 10.2 Å². The molecule has 1 saturated heterocycles. The van der Waals surface area contributed by atoms with Crippen molar-refractivity contribution in [1.82, 2.24) is 15.1 Å². The third-order valence-corrected chi connectivity index (χ3v) is 4.98. The van der Waals surface area contributed by atoms with Crippen LogP contribution in [0.4, 0.5) is 0 Å². The van der Waals surface area contributed by atoms with Gasteiger partial charge in [0, 0.05) is 18.7 Å². The minimum Gasteiger partial charge on any atom is -0.496 e. The predicted molar refractivity (Wildman–Crippen MR) is 95.2 cm³/mol. The second-order valence-corrected chi connectivity index (χ2v) is 6.68. The molecule has 1 fully saturated rings. The second-order valence-electron chi connectivity index (χ2n) is 5.69. The Hall–Kier alpha value is -2.08. The van der Waals surface area contributed by atoms with E-state index in [1.165, 1.54) is 18.2 Å². The van der Waals surface area contributed by atoms with E-state index >= 15 is 0 Å². The van der Waals surface area contributed by atoms with Crippen LogP contribution in [0, 0.1) is 0 Å². The molecule has 0 spiro atoms. The Labute approximate surface area is 146 Å². The number of piperidine rings is 1. The molecular weight excluding hydrogens is 322 g/mol. The Morgan fingerprint density at radius 3 is 2.62 bits per heavy atom. The summed E-state index contributed by atoms with van der Waals surface area (Å²) >= 11 is 1.44. The molecule has 1 amide bonds. The normalized spacial score (nSPS) is 14.5. The molecule has 0 aliphatic carbocycles. The van der Waals surface area contributed by atoms with Crippen molar-refractivity contribution >= 4 is 17.7 Å². The van der Waals surface area contributed by atoms with Gasteiger partial charge in [-0.3, -0.25) is 4.79 Å². The van der Waals surface area contributed by atoms with Crippen molar-refractivity contribution in [3.05, 3.63) is 36.4 Å². The van der Waals surface area contributed by atoms with Crippen LogP contribution >= 0.6 is 11.8 Å². The summed E-state index contributed by atoms with van der Waals surface area (Å²) < 4.78 is 5.35. The predicted octanol–water partition coefficient (Wildman–Crippen LogP) is 3.26. The topological polar surface area (TPSA) is 55.3 Å². The minimum atomic E-state index is 0.190. The van der Waals surface area contributed by atoms with Crippen LogP contribution in [0.5, 0.6) is 5.75 Å². The van der Waals surface area contributed by atoms with Gasteiger partial charge >= 0.3 is 0 Å². The number of amides is 1. The molecule has 0 N–H and O–H groups in total. The van der Waals surface area contributed by atoms with E-state index in [-0.39, 0.29) is 5.91 Å². The van der Waals surface area contributed by atoms with Crippen LogP contribution in [0.1, 0.15) is 19.3 Å². The number of carbonyl (C=O) groups excluding carboxylic acids is 1. The maximum Gasteiger partial charge on any atom is 0.232 e. The molecule has 1 aliphatic rings. The molecule has 126 valence electrons. The van der Waals surface area contributed by atoms with E-state index in [0.29, 0.717) is 5.75 Å². The fourth-order valence-corrected chi connectivity index (χ4v) is 3.48. The zero-order chi connectivity index (χ0) is 16.8. The van der Waals surface area contributed by atoms with E-state index in [1.807, 2.05) is 41.3 Å². The highest BCUT2D eigenvalue weighted by Gasteiger charge is 2.16. The molecular formula is C18H21N3O2S. The van der Waals surface area contributed by atoms with E-state index in [1.54, 1.807) is 7.11 Å². The molecule has 1 aromatic carbocycles. The number of rotatable bonds is 5. The van der Waals surface area contributed by atoms with Crippen molar-refractivity contribution in [2.24, 2.45) is 0 Å². The molecule has 24 heavy (non-hydrogen) atoms. The van der Waals surface area contributed by atoms with Crippen molar-refractivity contribution in [2.75, 3.05) is 26.0 Å². The Kier molecular flexibility index (Phi) is 5.69. The summed E-state index contributed by atoms with van der Waals surface area (Å²) in [4.78, 5) is 14.1. The van der Waals surface area contributed by atoms with Crippen LogP contribution in [-0.2, 0) is 4.79 Å². The molecule has 2 heterocycles. The summed E-state index contributed by atoms with van der Waals surface area (Å²) in [6.45, 7) is 1.77. The van der Waals surface area contributed by atoms with Crippen molar-refractivity contribution in [2.45, 2.75) is 24.3 Å². The number of carbonyl (C=O) groups is 1. The lowest BCUT2D eigenvalue weighted by Gasteiger charge is -2.26. The van der Waals surface area contributed by atoms with Gasteiger partial charge in [-0.05, 0) is 43.5 Å². The van der Waals surface area contributed by atoms with Crippen LogP contribution in [-0.4, -0.2) is 47.0 Å². The highest BCUT2D eigenvalue weighted by molar-refractivity contribution is 7.99. The number of ether oxygens (including phenoxy) is 1. The summed E-state index contributed by atoms with van der Waals surface area (Å²) in [7, 11) is 1.64. The van der Waals surface area contributed by atoms with Gasteiger partial charge in [0.05, 0.1) is 18.6 Å². The molecule has 0 radical (unpaired) electrons. The van der Waals surface area contributed by atoms with Crippen molar-refractivity contribution in [3.63, 3.8) is 0 Å². The first kappa shape index (κ1) is 16.8. The fraction of sp³-hybridized carbons (Fsp3) is 0.389. The molecule has 6 heteroatoms. The van der Waals surface area contributed by atoms with Gasteiger partial charge in [-0.25, -0.2) is 0 Å². The molecule has 1 aliphatic heterocycles. The zero-order valence-electron chi connectivity index (χ0n) is 13.8. The molecule has 0 bridgehead atoms. The smallest absolute Gasteiger partial charge is 0.232 e. The van der Waals surface area contributed by atoms with E-state index in [2.05, 4.69) is 10.2 Å². The van der Waals surface area contributed by atoms with Crippen LogP contribution in [0.15, 0.2) is 41.4 Å². The standard InChI is InChI=1S/C18H21N3O2S/c1-23-16-8-4-3-7-14(16)15-9-10-17(20-19-15)24-13-18(22)21-11-5-2-6-12-21/h3-4,7-10H,2,5-6,11-13H2,1H3. The number of hydrogen-bond acceptors (Lipinski definition) is 5. The van der Waals surface area contributed by atoms with Gasteiger partial charge in [0.1, 0.15) is 10.8 Å². The lowest BCUT2D eigenvalue weighted by atomic mass is 10.1. The first-order chi connectivity index (χ1) is 11.8. The van der Waals surface area contributed by atoms with Gasteiger partial charge in [-0.1, -0.05) is 23.9 Å². The van der Waals surface area contributed by atoms with Crippen molar-refractivity contribution < 1.29 is 9.53 Å². The highest BCUT2D eigenvalue weighted by atomic mass is 32.2. The number of para-hydroxylation sites is 1. The van der Waals surface area contributed by atoms with Crippen molar-refractivity contribution in [1.29, 1.82) is 0 Å². The summed E-state index contributed by atoms with van der Waals surface area (Å²) in [5.74, 6) is 1.38. The quantitative estimate of drug-likeness (QED) is 0.780. The van der Waals surface area contributed by atoms with Gasteiger partial charge < -0.3 is 9.64 Å². The number of thioether (sulfide) groups is 1. The monoisotopic (exact) mass is 343 g/mol. The maximum absolute atomic E-state index is 12.2. The summed E-state index contributed by atoms with van der Waals surface area (Å²) in [6.07, 6.45) is 3.46. The van der Waals surface area contributed by atoms with Gasteiger partial charge in [-0.2, -0.15) is 0 Å². The third kappa shape index (κ3) is 4.06. The number of aromatic nitrogens is 2. The molecule has 1 aromatic heterocycles. The number of nitrogens with zero attached hydrogens (tertiary/aromatic N) is 3. The number of methoxy groups -OCH3 is 1. The van der Waals surface area contributed by atoms with E-state index < -0.39 is 0 Å². The summed E-state index contributed by atoms with van der Waals surface area (Å²) in [5, 5.41) is 9.27. The summed E-state index contributed by atoms with van der Waals surface area (Å²) in [6, 6.07) is 11.5. The van der Waals surface area contributed by atoms with Gasteiger partial charge in [0.2, 0.25) is 5.91 Å². The van der Waals surface area contributed by atoms with Crippen LogP contribution in [0.25, 0.3) is 11.3 Å². The van der Waals surface area contributed by atoms with Gasteiger partial charge in [0.25, 0.3) is 0 Å². The second kappa shape index (κ2) is 8.15. The Morgan fingerprint density at radius 2 is 1.92 bits per heavy atom. The number of benzene rings is 1. The molecule has 3 rings (SSSR count). The van der Waals surface area contributed by atoms with E-state index in [0.717, 1.165) is 48.0 Å². The summed E-state index contributed by atoms with van der Waals surface area (Å²) in [5.41, 5.74) is 1.67. The van der Waals surface area contributed by atoms with Crippen LogP contribution < -0.4 is 4.74 Å². The van der Waals surface area contributed by atoms with Gasteiger partial charge in [0.15, 0.2) is 0 Å². The maximum atomic E-state index is 12.2. The number of likely N-dealkylation sites (tertiary alicyclic amines) is 1. The molecule has 2 aromatic rings. The first-order valence-corrected chi connectivity index (χ1v) is 9.14. The SMILES string of the molecule is COc1ccccc1-c1ccc(SCC(=O)N2CCCCC2)nn1. The minimum absolute atomic E-state index is 0.190. The van der Waals surface area contributed by atoms with Crippen LogP contribution in [0.3, 0.4) is 0 Å². The third-order valence-electron chi connectivity index (χ3n) is 4.08. The fourth-order valence-electron chi connectivity index (χ4n) is 2.77. The Bertz CT molecular complexity index is 685. The molecule has 0 unspecified atom stereocenters. The molecule has 0 atom stereocenters. The average Bonchev–Trinajstić information content (AvgIpc) is 2.67. The van der Waals surface area contributed by atoms with Crippen LogP contribution in [0.2, 0.25) is 0 Å². The Morgan fingerprint density at radius 1 is 1.12 bits per heavy atom. The highest BCUT2D eigenvalue weighted by Crippen LogP contribution is 2.28.